The summed E-state index contributed by atoms with van der Waals surface area (Å²) in [6, 6.07) is 0. The summed E-state index contributed by atoms with van der Waals surface area (Å²) in [7, 11) is -2.34. The Morgan fingerprint density at radius 2 is 2.12 bits per heavy atom. The highest BCUT2D eigenvalue weighted by Gasteiger charge is 1.88. The molecular weight excluding hydrogens is 132 g/mol. The van der Waals surface area contributed by atoms with E-state index < -0.39 is 22.7 Å². The summed E-state index contributed by atoms with van der Waals surface area (Å²) >= 11 is 0. The number of carboxylic acids is 1. The Bertz CT molecular complexity index is 191. The third-order valence-electron chi connectivity index (χ3n) is 0.394. The van der Waals surface area contributed by atoms with E-state index in [9.17, 15) is 13.2 Å². The van der Waals surface area contributed by atoms with E-state index in [2.05, 4.69) is 0 Å². The van der Waals surface area contributed by atoms with Crippen molar-refractivity contribution in [2.75, 3.05) is 0 Å². The van der Waals surface area contributed by atoms with Gasteiger partial charge in [0.25, 0.3) is 0 Å². The first-order valence-electron chi connectivity index (χ1n) is 1.76. The van der Waals surface area contributed by atoms with E-state index in [-0.39, 0.29) is 0 Å². The zero-order chi connectivity index (χ0) is 6.57. The number of aliphatic carboxylic acids is 1. The Balaban J connectivity index is 3.81. The van der Waals surface area contributed by atoms with Crippen molar-refractivity contribution in [2.24, 2.45) is 0 Å². The summed E-state index contributed by atoms with van der Waals surface area (Å²) in [4.78, 5) is 9.60. The molecule has 0 bridgehead atoms. The molecular formula is C3H4O4S. The molecule has 8 heavy (non-hydrogen) atoms. The molecule has 0 unspecified atom stereocenters. The van der Waals surface area contributed by atoms with Crippen LogP contribution < -0.4 is 0 Å². The van der Waals surface area contributed by atoms with Crippen LogP contribution in [0.3, 0.4) is 0 Å². The molecule has 0 aromatic rings. The molecule has 0 heterocycles. The van der Waals surface area contributed by atoms with Crippen molar-refractivity contribution in [1.29, 1.82) is 0 Å². The van der Waals surface area contributed by atoms with Crippen LogP contribution in [0.15, 0.2) is 0 Å². The zero-order valence-electron chi connectivity index (χ0n) is 3.86. The lowest BCUT2D eigenvalue weighted by atomic mass is 10.5. The number of hydrogen-bond acceptors (Lipinski definition) is 3. The van der Waals surface area contributed by atoms with E-state index in [1.165, 1.54) is 0 Å². The molecule has 0 aliphatic heterocycles. The third-order valence-corrected chi connectivity index (χ3v) is 0.833. The Morgan fingerprint density at radius 1 is 1.62 bits per heavy atom. The first-order valence-corrected chi connectivity index (χ1v) is 2.90. The van der Waals surface area contributed by atoms with Crippen molar-refractivity contribution < 1.29 is 18.3 Å². The van der Waals surface area contributed by atoms with Crippen molar-refractivity contribution in [2.45, 2.75) is 6.42 Å². The quantitative estimate of drug-likeness (QED) is 0.501. The predicted octanol–water partition coefficient (Wildman–Crippen LogP) is -0.858. The lowest BCUT2D eigenvalue weighted by molar-refractivity contribution is -0.135. The molecule has 46 valence electrons. The molecule has 0 aliphatic rings. The maximum absolute atomic E-state index is 9.60. The van der Waals surface area contributed by atoms with Crippen molar-refractivity contribution in [3.05, 3.63) is 0 Å². The van der Waals surface area contributed by atoms with E-state index in [4.69, 9.17) is 5.11 Å². The van der Waals surface area contributed by atoms with Crippen LogP contribution in [0.1, 0.15) is 6.42 Å². The minimum absolute atomic E-state index is 0.434. The first kappa shape index (κ1) is 7.16. The number of rotatable bonds is 2. The Hall–Kier alpha value is -0.840. The second-order valence-electron chi connectivity index (χ2n) is 1.03. The summed E-state index contributed by atoms with van der Waals surface area (Å²) in [5.74, 6) is -1.14. The van der Waals surface area contributed by atoms with Gasteiger partial charge >= 0.3 is 5.97 Å². The summed E-state index contributed by atoms with van der Waals surface area (Å²) < 4.78 is 19.2. The molecule has 0 saturated heterocycles. The lowest BCUT2D eigenvalue weighted by Crippen LogP contribution is -1.94. The fourth-order valence-electron chi connectivity index (χ4n) is 0.139. The molecule has 0 amide bonds. The fraction of sp³-hybridized carbons (Fsp3) is 0.333. The topological polar surface area (TPSA) is 71.4 Å². The zero-order valence-corrected chi connectivity index (χ0v) is 4.68. The monoisotopic (exact) mass is 136 g/mol. The van der Waals surface area contributed by atoms with Gasteiger partial charge in [-0.15, -0.1) is 0 Å². The van der Waals surface area contributed by atoms with Gasteiger partial charge in [0.2, 0.25) is 10.3 Å². The van der Waals surface area contributed by atoms with Crippen molar-refractivity contribution >= 4 is 21.6 Å². The summed E-state index contributed by atoms with van der Waals surface area (Å²) in [5.41, 5.74) is 0. The molecule has 4 nitrogen and oxygen atoms in total. The molecule has 0 aromatic carbocycles. The van der Waals surface area contributed by atoms with Crippen molar-refractivity contribution in [1.82, 2.24) is 0 Å². The van der Waals surface area contributed by atoms with Crippen LogP contribution in [0.4, 0.5) is 0 Å². The fourth-order valence-corrected chi connectivity index (χ4v) is 0.418. The molecule has 0 fully saturated rings. The van der Waals surface area contributed by atoms with Gasteiger partial charge in [-0.1, -0.05) is 0 Å². The van der Waals surface area contributed by atoms with E-state index in [1.54, 1.807) is 0 Å². The van der Waals surface area contributed by atoms with Crippen LogP contribution >= 0.6 is 0 Å². The molecule has 0 saturated carbocycles. The van der Waals surface area contributed by atoms with E-state index in [1.807, 2.05) is 0 Å². The minimum Gasteiger partial charge on any atom is -0.481 e. The molecule has 5 heteroatoms. The second-order valence-corrected chi connectivity index (χ2v) is 1.88. The number of carbonyl (C=O) groups is 1. The smallest absolute Gasteiger partial charge is 0.308 e. The average Bonchev–Trinajstić information content (AvgIpc) is 1.61. The van der Waals surface area contributed by atoms with E-state index >= 15 is 0 Å². The summed E-state index contributed by atoms with van der Waals surface area (Å²) in [6.07, 6.45) is -0.434. The molecule has 1 N–H and O–H groups in total. The highest BCUT2D eigenvalue weighted by Crippen LogP contribution is 1.67. The van der Waals surface area contributed by atoms with Gasteiger partial charge in [-0.25, -0.2) is 0 Å². The largest absolute Gasteiger partial charge is 0.481 e. The van der Waals surface area contributed by atoms with Crippen LogP contribution in [0.2, 0.25) is 0 Å². The SMILES string of the molecule is O=C(O)CC=S(=O)=O. The normalized spacial score (nSPS) is 8.00. The Labute approximate surface area is 47.3 Å². The maximum atomic E-state index is 9.60. The van der Waals surface area contributed by atoms with Gasteiger partial charge in [-0.2, -0.15) is 8.42 Å². The predicted molar refractivity (Wildman–Crippen MR) is 27.2 cm³/mol. The summed E-state index contributed by atoms with van der Waals surface area (Å²) in [6.45, 7) is 0. The van der Waals surface area contributed by atoms with Gasteiger partial charge in [0.05, 0.1) is 6.42 Å². The summed E-state index contributed by atoms with van der Waals surface area (Å²) in [5, 5.41) is 8.54. The van der Waals surface area contributed by atoms with E-state index in [0.717, 1.165) is 0 Å². The number of carboxylic acid groups (broad SMARTS) is 1. The molecule has 0 aromatic heterocycles. The molecule has 0 radical (unpaired) electrons. The average molecular weight is 136 g/mol. The molecule has 0 rings (SSSR count). The maximum Gasteiger partial charge on any atom is 0.308 e. The highest BCUT2D eigenvalue weighted by molar-refractivity contribution is 7.71. The van der Waals surface area contributed by atoms with Crippen molar-refractivity contribution in [3.63, 3.8) is 0 Å². The Morgan fingerprint density at radius 3 is 2.25 bits per heavy atom. The van der Waals surface area contributed by atoms with E-state index in [0.29, 0.717) is 5.37 Å². The van der Waals surface area contributed by atoms with Gasteiger partial charge in [-0.05, 0) is 0 Å². The van der Waals surface area contributed by atoms with Crippen LogP contribution in [-0.4, -0.2) is 24.9 Å². The van der Waals surface area contributed by atoms with Gasteiger partial charge in [-0.3, -0.25) is 4.79 Å². The van der Waals surface area contributed by atoms with Gasteiger partial charge < -0.3 is 5.11 Å². The first-order chi connectivity index (χ1) is 3.63. The van der Waals surface area contributed by atoms with Gasteiger partial charge in [0, 0.05) is 5.37 Å². The second kappa shape index (κ2) is 3.20. The molecule has 0 spiro atoms. The van der Waals surface area contributed by atoms with Crippen LogP contribution in [0, 0.1) is 0 Å². The standard InChI is InChI=1S/C3H4O4S/c4-3(5)1-2-8(6)7/h2H,1H2,(H,4,5). The molecule has 0 aliphatic carbocycles. The highest BCUT2D eigenvalue weighted by atomic mass is 32.2. The van der Waals surface area contributed by atoms with Crippen LogP contribution in [0.5, 0.6) is 0 Å². The van der Waals surface area contributed by atoms with Crippen molar-refractivity contribution in [3.8, 4) is 0 Å². The van der Waals surface area contributed by atoms with Gasteiger partial charge in [0.15, 0.2) is 0 Å². The third kappa shape index (κ3) is 5.16. The number of hydrogen-bond donors (Lipinski definition) is 1. The molecule has 0 atom stereocenters. The van der Waals surface area contributed by atoms with Crippen LogP contribution in [0.25, 0.3) is 0 Å². The minimum atomic E-state index is -2.34. The Kier molecular flexibility index (Phi) is 2.86. The lowest BCUT2D eigenvalue weighted by Gasteiger charge is -1.73. The van der Waals surface area contributed by atoms with Crippen LogP contribution in [-0.2, 0) is 15.1 Å². The van der Waals surface area contributed by atoms with Gasteiger partial charge in [0.1, 0.15) is 0 Å².